The molecule has 6 heteroatoms. The minimum absolute atomic E-state index is 0.677. The van der Waals surface area contributed by atoms with Gasteiger partial charge in [-0.2, -0.15) is 8.75 Å². The molecule has 0 aliphatic rings. The van der Waals surface area contributed by atoms with Gasteiger partial charge in [-0.25, -0.2) is 4.99 Å². The van der Waals surface area contributed by atoms with Gasteiger partial charge in [-0.3, -0.25) is 4.99 Å². The molecule has 86 valence electrons. The number of nitrogens with zero attached hydrogens (tertiary/aromatic N) is 4. The van der Waals surface area contributed by atoms with Crippen LogP contribution in [0.5, 0.6) is 0 Å². The fourth-order valence-electron chi connectivity index (χ4n) is 1.49. The summed E-state index contributed by atoms with van der Waals surface area (Å²) < 4.78 is 8.42. The van der Waals surface area contributed by atoms with Gasteiger partial charge in [0.15, 0.2) is 0 Å². The zero-order valence-corrected chi connectivity index (χ0v) is 10.7. The van der Waals surface area contributed by atoms with Gasteiger partial charge >= 0.3 is 0 Å². The molecular weight excluding hydrogens is 256 g/mol. The van der Waals surface area contributed by atoms with Gasteiger partial charge in [0.25, 0.3) is 0 Å². The molecule has 2 aromatic rings. The number of halogens is 1. The highest BCUT2D eigenvalue weighted by molar-refractivity contribution is 7.00. The summed E-state index contributed by atoms with van der Waals surface area (Å²) in [6, 6.07) is 1.82. The van der Waals surface area contributed by atoms with Crippen LogP contribution in [0.4, 0.5) is 11.4 Å². The molecule has 0 unspecified atom stereocenters. The number of aliphatic imine (C=N–C) groups is 2. The Balaban J connectivity index is 2.74. The molecule has 0 radical (unpaired) electrons. The second-order valence-electron chi connectivity index (χ2n) is 3.24. The SMILES string of the molecule is C=CC=Nc1c(N=CCl)cc2nsnc2c1C. The molecule has 1 aromatic carbocycles. The van der Waals surface area contributed by atoms with E-state index >= 15 is 0 Å². The van der Waals surface area contributed by atoms with Gasteiger partial charge in [0, 0.05) is 11.8 Å². The van der Waals surface area contributed by atoms with E-state index in [0.29, 0.717) is 5.69 Å². The topological polar surface area (TPSA) is 50.5 Å². The van der Waals surface area contributed by atoms with Crippen LogP contribution in [0, 0.1) is 6.92 Å². The quantitative estimate of drug-likeness (QED) is 0.792. The molecule has 1 heterocycles. The molecule has 4 nitrogen and oxygen atoms in total. The number of aromatic nitrogens is 2. The second kappa shape index (κ2) is 5.16. The van der Waals surface area contributed by atoms with E-state index in [0.717, 1.165) is 22.3 Å². The fourth-order valence-corrected chi connectivity index (χ4v) is 2.18. The zero-order chi connectivity index (χ0) is 12.3. The number of rotatable bonds is 3. The lowest BCUT2D eigenvalue weighted by molar-refractivity contribution is 1.39. The maximum atomic E-state index is 5.52. The lowest BCUT2D eigenvalue weighted by Crippen LogP contribution is -1.81. The first-order valence-electron chi connectivity index (χ1n) is 4.81. The lowest BCUT2D eigenvalue weighted by Gasteiger charge is -2.04. The highest BCUT2D eigenvalue weighted by Crippen LogP contribution is 2.36. The van der Waals surface area contributed by atoms with Crippen molar-refractivity contribution in [2.45, 2.75) is 6.92 Å². The first-order chi connectivity index (χ1) is 8.27. The molecule has 17 heavy (non-hydrogen) atoms. The molecule has 0 saturated heterocycles. The van der Waals surface area contributed by atoms with Crippen molar-refractivity contribution >= 4 is 57.6 Å². The van der Waals surface area contributed by atoms with E-state index in [-0.39, 0.29) is 0 Å². The van der Waals surface area contributed by atoms with E-state index in [1.165, 1.54) is 17.4 Å². The summed E-state index contributed by atoms with van der Waals surface area (Å²) in [6.45, 7) is 5.53. The Hall–Kier alpha value is -1.59. The summed E-state index contributed by atoms with van der Waals surface area (Å²) in [4.78, 5) is 8.37. The van der Waals surface area contributed by atoms with Crippen molar-refractivity contribution in [1.29, 1.82) is 0 Å². The van der Waals surface area contributed by atoms with E-state index < -0.39 is 0 Å². The van der Waals surface area contributed by atoms with E-state index in [1.807, 2.05) is 13.0 Å². The van der Waals surface area contributed by atoms with Crippen LogP contribution in [-0.4, -0.2) is 20.6 Å². The molecule has 0 bridgehead atoms. The van der Waals surface area contributed by atoms with Crippen LogP contribution in [0.3, 0.4) is 0 Å². The standard InChI is InChI=1S/C11H9ClN4S/c1-3-4-13-10-7(2)11-9(15-17-16-11)5-8(10)14-6-12/h3-6H,1H2,2H3. The van der Waals surface area contributed by atoms with Crippen LogP contribution < -0.4 is 0 Å². The van der Waals surface area contributed by atoms with Crippen LogP contribution in [0.15, 0.2) is 28.7 Å². The maximum Gasteiger partial charge on any atom is 0.110 e. The molecule has 0 amide bonds. The molecule has 0 N–H and O–H groups in total. The number of allylic oxidation sites excluding steroid dienone is 1. The van der Waals surface area contributed by atoms with E-state index in [4.69, 9.17) is 11.6 Å². The number of aryl methyl sites for hydroxylation is 1. The summed E-state index contributed by atoms with van der Waals surface area (Å²) in [5.74, 6) is 0. The third-order valence-corrected chi connectivity index (χ3v) is 2.88. The Morgan fingerprint density at radius 2 is 2.24 bits per heavy atom. The fraction of sp³-hybridized carbons (Fsp3) is 0.0909. The van der Waals surface area contributed by atoms with Crippen LogP contribution >= 0.6 is 23.3 Å². The molecule has 0 atom stereocenters. The smallest absolute Gasteiger partial charge is 0.110 e. The van der Waals surface area contributed by atoms with Crippen molar-refractivity contribution < 1.29 is 0 Å². The van der Waals surface area contributed by atoms with Crippen molar-refractivity contribution in [3.63, 3.8) is 0 Å². The predicted octanol–water partition coefficient (Wildman–Crippen LogP) is 3.79. The highest BCUT2D eigenvalue weighted by atomic mass is 35.5. The maximum absolute atomic E-state index is 5.52. The van der Waals surface area contributed by atoms with Crippen molar-refractivity contribution in [3.8, 4) is 0 Å². The third kappa shape index (κ3) is 2.25. The molecular formula is C11H9ClN4S. The molecule has 1 aromatic heterocycles. The Morgan fingerprint density at radius 1 is 1.41 bits per heavy atom. The number of hydrogen-bond acceptors (Lipinski definition) is 5. The van der Waals surface area contributed by atoms with Crippen LogP contribution in [-0.2, 0) is 0 Å². The van der Waals surface area contributed by atoms with Gasteiger partial charge in [-0.1, -0.05) is 24.3 Å². The van der Waals surface area contributed by atoms with Gasteiger partial charge in [-0.05, 0) is 13.0 Å². The second-order valence-corrected chi connectivity index (χ2v) is 3.97. The molecule has 0 spiro atoms. The lowest BCUT2D eigenvalue weighted by atomic mass is 10.1. The average Bonchev–Trinajstić information content (AvgIpc) is 2.77. The summed E-state index contributed by atoms with van der Waals surface area (Å²) in [6.07, 6.45) is 3.22. The van der Waals surface area contributed by atoms with Crippen molar-refractivity contribution in [3.05, 3.63) is 24.3 Å². The van der Waals surface area contributed by atoms with Gasteiger partial charge in [-0.15, -0.1) is 0 Å². The van der Waals surface area contributed by atoms with Crippen molar-refractivity contribution in [2.75, 3.05) is 0 Å². The Kier molecular flexibility index (Phi) is 3.61. The van der Waals surface area contributed by atoms with E-state index in [1.54, 1.807) is 12.3 Å². The predicted molar refractivity (Wildman–Crippen MR) is 74.5 cm³/mol. The molecule has 2 rings (SSSR count). The van der Waals surface area contributed by atoms with Crippen molar-refractivity contribution in [2.24, 2.45) is 9.98 Å². The Bertz CT molecular complexity index is 615. The normalized spacial score (nSPS) is 11.9. The largest absolute Gasteiger partial charge is 0.254 e. The number of benzene rings is 1. The van der Waals surface area contributed by atoms with Crippen LogP contribution in [0.25, 0.3) is 11.0 Å². The minimum atomic E-state index is 0.677. The minimum Gasteiger partial charge on any atom is -0.254 e. The number of fused-ring (bicyclic) bond motifs is 1. The zero-order valence-electron chi connectivity index (χ0n) is 9.09. The molecule has 0 saturated carbocycles. The summed E-state index contributed by atoms with van der Waals surface area (Å²) in [5.41, 5.74) is 5.22. The Labute approximate surface area is 108 Å². The first-order valence-corrected chi connectivity index (χ1v) is 5.98. The van der Waals surface area contributed by atoms with Crippen LogP contribution in [0.1, 0.15) is 5.56 Å². The molecule has 0 aliphatic heterocycles. The third-order valence-electron chi connectivity index (χ3n) is 2.24. The van der Waals surface area contributed by atoms with Crippen LogP contribution in [0.2, 0.25) is 0 Å². The molecule has 0 fully saturated rings. The average molecular weight is 265 g/mol. The first kappa shape index (κ1) is 11.9. The highest BCUT2D eigenvalue weighted by Gasteiger charge is 2.11. The van der Waals surface area contributed by atoms with Gasteiger partial charge in [0.05, 0.1) is 28.8 Å². The van der Waals surface area contributed by atoms with Gasteiger partial charge in [0.1, 0.15) is 11.0 Å². The Morgan fingerprint density at radius 3 is 2.94 bits per heavy atom. The summed E-state index contributed by atoms with van der Waals surface area (Å²) in [7, 11) is 0. The van der Waals surface area contributed by atoms with E-state index in [2.05, 4.69) is 25.3 Å². The molecule has 0 aliphatic carbocycles. The van der Waals surface area contributed by atoms with Crippen molar-refractivity contribution in [1.82, 2.24) is 8.75 Å². The van der Waals surface area contributed by atoms with E-state index in [9.17, 15) is 0 Å². The number of hydrogen-bond donors (Lipinski definition) is 0. The summed E-state index contributed by atoms with van der Waals surface area (Å²) >= 11 is 6.69. The summed E-state index contributed by atoms with van der Waals surface area (Å²) in [5, 5.41) is 0. The van der Waals surface area contributed by atoms with Gasteiger partial charge in [0.2, 0.25) is 0 Å². The van der Waals surface area contributed by atoms with Gasteiger partial charge < -0.3 is 0 Å². The monoisotopic (exact) mass is 264 g/mol.